The number of hydrogen-bond acceptors (Lipinski definition) is 3. The summed E-state index contributed by atoms with van der Waals surface area (Å²) in [6.45, 7) is 0. The minimum absolute atomic E-state index is 0.775. The average Bonchev–Trinajstić information content (AvgIpc) is 2.37. The van der Waals surface area contributed by atoms with Gasteiger partial charge in [-0.25, -0.2) is 0 Å². The van der Waals surface area contributed by atoms with Gasteiger partial charge in [-0.2, -0.15) is 0 Å². The van der Waals surface area contributed by atoms with E-state index in [1.807, 2.05) is 24.3 Å². The van der Waals surface area contributed by atoms with Crippen LogP contribution in [0.4, 0.5) is 0 Å². The molecule has 0 aliphatic carbocycles. The molecule has 0 radical (unpaired) electrons. The van der Waals surface area contributed by atoms with Gasteiger partial charge in [0.25, 0.3) is 0 Å². The maximum absolute atomic E-state index is 11.1. The summed E-state index contributed by atoms with van der Waals surface area (Å²) in [5.74, 6) is 0. The Balaban J connectivity index is 2.44. The Morgan fingerprint density at radius 1 is 0.850 bits per heavy atom. The van der Waals surface area contributed by atoms with E-state index in [4.69, 9.17) is 7.07 Å². The Morgan fingerprint density at radius 3 is 1.50 bits per heavy atom. The summed E-state index contributed by atoms with van der Waals surface area (Å²) in [5, 5.41) is 0. The summed E-state index contributed by atoms with van der Waals surface area (Å²) in [4.78, 5) is 0. The van der Waals surface area contributed by atoms with E-state index in [9.17, 15) is 8.42 Å². The Kier molecular flexibility index (Phi) is 5.60. The van der Waals surface area contributed by atoms with Gasteiger partial charge in [-0.15, -0.1) is 0 Å². The van der Waals surface area contributed by atoms with Crippen molar-refractivity contribution in [3.63, 3.8) is 0 Å². The summed E-state index contributed by atoms with van der Waals surface area (Å²) in [6, 6.07) is 14.4. The molecule has 8 heteroatoms. The quantitative estimate of drug-likeness (QED) is 0.463. The molecule has 0 fully saturated rings. The van der Waals surface area contributed by atoms with Gasteiger partial charge in [0.1, 0.15) is 0 Å². The molecule has 0 spiro atoms. The molecule has 0 aliphatic rings. The first kappa shape index (κ1) is 16.4. The van der Waals surface area contributed by atoms with Crippen molar-refractivity contribution in [1.82, 2.24) is 0 Å². The zero-order valence-corrected chi connectivity index (χ0v) is 16.0. The van der Waals surface area contributed by atoms with E-state index < -0.39 is 30.6 Å². The second kappa shape index (κ2) is 6.84. The molecule has 0 bridgehead atoms. The van der Waals surface area contributed by atoms with Crippen LogP contribution < -0.4 is 0 Å². The molecule has 0 unspecified atom stereocenters. The molecule has 0 atom stereocenters. The van der Waals surface area contributed by atoms with Crippen molar-refractivity contribution >= 4 is 62.5 Å². The van der Waals surface area contributed by atoms with Gasteiger partial charge in [-0.3, -0.25) is 0 Å². The molecule has 2 rings (SSSR count). The maximum atomic E-state index is 11.1. The predicted octanol–water partition coefficient (Wildman–Crippen LogP) is 4.49. The molecular formula is C12H9Br2IO4S. The molecule has 2 aromatic rings. The van der Waals surface area contributed by atoms with Gasteiger partial charge in [0.15, 0.2) is 0 Å². The number of rotatable bonds is 4. The molecule has 0 saturated carbocycles. The van der Waals surface area contributed by atoms with E-state index in [1.165, 1.54) is 0 Å². The number of halogens is 3. The van der Waals surface area contributed by atoms with Crippen molar-refractivity contribution in [3.05, 3.63) is 64.6 Å². The third-order valence-corrected chi connectivity index (χ3v) is 9.63. The predicted molar refractivity (Wildman–Crippen MR) is 92.3 cm³/mol. The van der Waals surface area contributed by atoms with Gasteiger partial charge in [0.2, 0.25) is 0 Å². The Labute approximate surface area is 141 Å². The number of hydrogen-bond donors (Lipinski definition) is 1. The Bertz CT molecular complexity index is 641. The first-order valence-corrected chi connectivity index (χ1v) is 11.2. The molecule has 2 aromatic carbocycles. The van der Waals surface area contributed by atoms with Crippen LogP contribution in [0.3, 0.4) is 0 Å². The van der Waals surface area contributed by atoms with Crippen molar-refractivity contribution in [2.24, 2.45) is 0 Å². The minimum atomic E-state index is -4.49. The van der Waals surface area contributed by atoms with E-state index in [-0.39, 0.29) is 0 Å². The normalized spacial score (nSPS) is 12.2. The third kappa shape index (κ3) is 4.78. The standard InChI is InChI=1S/C12H9Br2IO4S/c13-9-1-5-11(6-2-9)15(19-20(16,17)18)12-7-3-10(14)4-8-12/h1-8H,(H,16,17,18). The van der Waals surface area contributed by atoms with Crippen LogP contribution in [-0.4, -0.2) is 13.0 Å². The zero-order chi connectivity index (χ0) is 14.8. The Hall–Kier alpha value is -0.000000000000000222. The molecule has 0 aliphatic heterocycles. The van der Waals surface area contributed by atoms with Crippen LogP contribution in [0.15, 0.2) is 57.5 Å². The molecule has 0 aromatic heterocycles. The van der Waals surface area contributed by atoms with Gasteiger partial charge in [0, 0.05) is 0 Å². The van der Waals surface area contributed by atoms with Crippen molar-refractivity contribution in [2.75, 3.05) is 0 Å². The van der Waals surface area contributed by atoms with Crippen molar-refractivity contribution < 1.29 is 15.5 Å². The van der Waals surface area contributed by atoms with E-state index >= 15 is 0 Å². The fourth-order valence-electron chi connectivity index (χ4n) is 1.37. The summed E-state index contributed by atoms with van der Waals surface area (Å²) < 4.78 is 39.4. The molecular weight excluding hydrogens is 527 g/mol. The van der Waals surface area contributed by atoms with E-state index in [2.05, 4.69) is 31.9 Å². The topological polar surface area (TPSA) is 63.6 Å². The second-order valence-corrected chi connectivity index (χ2v) is 11.4. The summed E-state index contributed by atoms with van der Waals surface area (Å²) in [5.41, 5.74) is 0. The van der Waals surface area contributed by atoms with Crippen LogP contribution in [0, 0.1) is 7.14 Å². The van der Waals surface area contributed by atoms with Crippen LogP contribution in [0.5, 0.6) is 0 Å². The zero-order valence-electron chi connectivity index (χ0n) is 9.83. The van der Waals surface area contributed by atoms with Gasteiger partial charge < -0.3 is 0 Å². The van der Waals surface area contributed by atoms with Crippen molar-refractivity contribution in [3.8, 4) is 0 Å². The fourth-order valence-corrected chi connectivity index (χ4v) is 7.55. The van der Waals surface area contributed by atoms with Crippen LogP contribution in [0.2, 0.25) is 0 Å². The number of benzene rings is 2. The summed E-state index contributed by atoms with van der Waals surface area (Å²) >= 11 is 3.95. The SMILES string of the molecule is O=S(=O)(O)OI(c1ccc(Br)cc1)c1ccc(Br)cc1. The van der Waals surface area contributed by atoms with Gasteiger partial charge in [0.05, 0.1) is 0 Å². The second-order valence-electron chi connectivity index (χ2n) is 3.61. The van der Waals surface area contributed by atoms with Crippen molar-refractivity contribution in [1.29, 1.82) is 0 Å². The monoisotopic (exact) mass is 534 g/mol. The van der Waals surface area contributed by atoms with Crippen molar-refractivity contribution in [2.45, 2.75) is 0 Å². The molecule has 0 amide bonds. The summed E-state index contributed by atoms with van der Waals surface area (Å²) in [7, 11) is -4.49. The van der Waals surface area contributed by atoms with Crippen LogP contribution in [-0.2, 0) is 12.9 Å². The van der Waals surface area contributed by atoms with Gasteiger partial charge >= 0.3 is 143 Å². The van der Waals surface area contributed by atoms with E-state index in [0.29, 0.717) is 0 Å². The van der Waals surface area contributed by atoms with Gasteiger partial charge in [-0.1, -0.05) is 0 Å². The molecule has 20 heavy (non-hydrogen) atoms. The van der Waals surface area contributed by atoms with Crippen LogP contribution in [0.25, 0.3) is 0 Å². The molecule has 1 N–H and O–H groups in total. The molecule has 4 nitrogen and oxygen atoms in total. The summed E-state index contributed by atoms with van der Waals surface area (Å²) in [6.07, 6.45) is 0. The molecule has 0 heterocycles. The van der Waals surface area contributed by atoms with Crippen LogP contribution in [0.1, 0.15) is 0 Å². The van der Waals surface area contributed by atoms with E-state index in [0.717, 1.165) is 16.1 Å². The fraction of sp³-hybridized carbons (Fsp3) is 0. The first-order valence-electron chi connectivity index (χ1n) is 5.24. The molecule has 0 saturated heterocycles. The van der Waals surface area contributed by atoms with Gasteiger partial charge in [-0.05, 0) is 0 Å². The third-order valence-electron chi connectivity index (χ3n) is 2.15. The molecule has 108 valence electrons. The van der Waals surface area contributed by atoms with Crippen LogP contribution >= 0.6 is 52.1 Å². The van der Waals surface area contributed by atoms with E-state index in [1.54, 1.807) is 24.3 Å². The Morgan fingerprint density at radius 2 is 1.20 bits per heavy atom. The first-order chi connectivity index (χ1) is 9.35. The average molecular weight is 536 g/mol.